The lowest BCUT2D eigenvalue weighted by Crippen LogP contribution is -2.36. The predicted molar refractivity (Wildman–Crippen MR) is 85.7 cm³/mol. The number of hydrogen-bond acceptors (Lipinski definition) is 5. The van der Waals surface area contributed by atoms with Gasteiger partial charge in [0.25, 0.3) is 0 Å². The Morgan fingerprint density at radius 2 is 1.95 bits per heavy atom. The van der Waals surface area contributed by atoms with Gasteiger partial charge >= 0.3 is 0 Å². The summed E-state index contributed by atoms with van der Waals surface area (Å²) in [5.41, 5.74) is 0. The summed E-state index contributed by atoms with van der Waals surface area (Å²) in [6, 6.07) is 1.56. The molecule has 0 aromatic carbocycles. The van der Waals surface area contributed by atoms with Crippen molar-refractivity contribution in [3.05, 3.63) is 22.9 Å². The molecule has 0 radical (unpaired) electrons. The minimum atomic E-state index is -3.55. The number of halogens is 1. The van der Waals surface area contributed by atoms with Gasteiger partial charge < -0.3 is 9.64 Å². The summed E-state index contributed by atoms with van der Waals surface area (Å²) in [4.78, 5) is 6.15. The van der Waals surface area contributed by atoms with Crippen LogP contribution in [-0.4, -0.2) is 70.1 Å². The molecule has 0 spiro atoms. The van der Waals surface area contributed by atoms with Crippen molar-refractivity contribution < 1.29 is 13.2 Å². The standard InChI is InChI=1S/C13H22BrN3O3S/c1-16(2)5-4-6-17(7-8-20-3)21(18,19)13-9-12(14)10-15-11-13/h9-11H,4-8H2,1-3H3. The Morgan fingerprint density at radius 3 is 2.52 bits per heavy atom. The van der Waals surface area contributed by atoms with Crippen LogP contribution < -0.4 is 0 Å². The third-order valence-corrected chi connectivity index (χ3v) is 5.17. The number of hydrogen-bond donors (Lipinski definition) is 0. The first-order chi connectivity index (χ1) is 9.87. The van der Waals surface area contributed by atoms with E-state index >= 15 is 0 Å². The van der Waals surface area contributed by atoms with E-state index in [-0.39, 0.29) is 4.90 Å². The molecule has 6 nitrogen and oxygen atoms in total. The first-order valence-electron chi connectivity index (χ1n) is 6.62. The van der Waals surface area contributed by atoms with Crippen LogP contribution in [-0.2, 0) is 14.8 Å². The van der Waals surface area contributed by atoms with Crippen LogP contribution in [0.4, 0.5) is 0 Å². The van der Waals surface area contributed by atoms with Crippen LogP contribution in [0.5, 0.6) is 0 Å². The number of aromatic nitrogens is 1. The van der Waals surface area contributed by atoms with Crippen LogP contribution in [0.25, 0.3) is 0 Å². The number of nitrogens with zero attached hydrogens (tertiary/aromatic N) is 3. The van der Waals surface area contributed by atoms with Crippen molar-refractivity contribution in [1.29, 1.82) is 0 Å². The van der Waals surface area contributed by atoms with E-state index in [1.165, 1.54) is 10.5 Å². The minimum absolute atomic E-state index is 0.192. The highest BCUT2D eigenvalue weighted by Crippen LogP contribution is 2.18. The summed E-state index contributed by atoms with van der Waals surface area (Å²) in [5, 5.41) is 0. The molecule has 21 heavy (non-hydrogen) atoms. The zero-order valence-corrected chi connectivity index (χ0v) is 15.0. The van der Waals surface area contributed by atoms with Gasteiger partial charge in [-0.15, -0.1) is 0 Å². The van der Waals surface area contributed by atoms with Crippen LogP contribution in [0, 0.1) is 0 Å². The maximum absolute atomic E-state index is 12.7. The molecule has 0 unspecified atom stereocenters. The topological polar surface area (TPSA) is 62.7 Å². The van der Waals surface area contributed by atoms with Gasteiger partial charge in [-0.2, -0.15) is 4.31 Å². The molecule has 0 N–H and O–H groups in total. The number of rotatable bonds is 9. The van der Waals surface area contributed by atoms with E-state index in [0.29, 0.717) is 24.2 Å². The van der Waals surface area contributed by atoms with Crippen molar-refractivity contribution in [3.63, 3.8) is 0 Å². The second-order valence-electron chi connectivity index (χ2n) is 4.89. The van der Waals surface area contributed by atoms with E-state index in [2.05, 4.69) is 20.9 Å². The fourth-order valence-electron chi connectivity index (χ4n) is 1.79. The van der Waals surface area contributed by atoms with Crippen LogP contribution >= 0.6 is 15.9 Å². The fraction of sp³-hybridized carbons (Fsp3) is 0.615. The molecular weight excluding hydrogens is 358 g/mol. The van der Waals surface area contributed by atoms with E-state index in [1.54, 1.807) is 19.4 Å². The van der Waals surface area contributed by atoms with Gasteiger partial charge in [0.15, 0.2) is 0 Å². The van der Waals surface area contributed by atoms with Gasteiger partial charge in [-0.05, 0) is 49.1 Å². The Labute approximate surface area is 135 Å². The van der Waals surface area contributed by atoms with Crippen molar-refractivity contribution in [1.82, 2.24) is 14.2 Å². The van der Waals surface area contributed by atoms with Gasteiger partial charge in [0.1, 0.15) is 4.90 Å². The van der Waals surface area contributed by atoms with Crippen LogP contribution in [0.3, 0.4) is 0 Å². The molecule has 0 saturated carbocycles. The highest BCUT2D eigenvalue weighted by Gasteiger charge is 2.24. The quantitative estimate of drug-likeness (QED) is 0.649. The first-order valence-corrected chi connectivity index (χ1v) is 8.85. The molecule has 0 atom stereocenters. The lowest BCUT2D eigenvalue weighted by molar-refractivity contribution is 0.177. The molecule has 0 aliphatic heterocycles. The minimum Gasteiger partial charge on any atom is -0.383 e. The molecular formula is C13H22BrN3O3S. The average Bonchev–Trinajstić information content (AvgIpc) is 2.42. The zero-order valence-electron chi connectivity index (χ0n) is 12.6. The third-order valence-electron chi connectivity index (χ3n) is 2.88. The second-order valence-corrected chi connectivity index (χ2v) is 7.75. The van der Waals surface area contributed by atoms with Crippen LogP contribution in [0.15, 0.2) is 27.8 Å². The Kier molecular flexibility index (Phi) is 7.75. The molecule has 1 rings (SSSR count). The predicted octanol–water partition coefficient (Wildman–Crippen LogP) is 1.43. The van der Waals surface area contributed by atoms with Gasteiger partial charge in [0.2, 0.25) is 10.0 Å². The maximum Gasteiger partial charge on any atom is 0.244 e. The summed E-state index contributed by atoms with van der Waals surface area (Å²) < 4.78 is 32.4. The summed E-state index contributed by atoms with van der Waals surface area (Å²) in [6.07, 6.45) is 3.69. The molecule has 0 amide bonds. The van der Waals surface area contributed by atoms with E-state index in [4.69, 9.17) is 4.74 Å². The SMILES string of the molecule is COCCN(CCCN(C)C)S(=O)(=O)c1cncc(Br)c1. The molecule has 1 aromatic rings. The second kappa shape index (κ2) is 8.79. The molecule has 0 bridgehead atoms. The van der Waals surface area contributed by atoms with E-state index in [0.717, 1.165) is 13.0 Å². The fourth-order valence-corrected chi connectivity index (χ4v) is 3.76. The average molecular weight is 380 g/mol. The van der Waals surface area contributed by atoms with Crippen molar-refractivity contribution in [2.75, 3.05) is 47.4 Å². The largest absolute Gasteiger partial charge is 0.383 e. The summed E-state index contributed by atoms with van der Waals surface area (Å²) >= 11 is 3.25. The molecule has 120 valence electrons. The smallest absolute Gasteiger partial charge is 0.244 e. The van der Waals surface area contributed by atoms with Crippen molar-refractivity contribution in [2.24, 2.45) is 0 Å². The normalized spacial score (nSPS) is 12.3. The molecule has 8 heteroatoms. The van der Waals surface area contributed by atoms with Gasteiger partial charge in [-0.1, -0.05) is 0 Å². The van der Waals surface area contributed by atoms with Crippen molar-refractivity contribution in [3.8, 4) is 0 Å². The Hall–Kier alpha value is -0.540. The molecule has 0 aliphatic rings. The Morgan fingerprint density at radius 1 is 1.24 bits per heavy atom. The zero-order chi connectivity index (χ0) is 15.9. The molecule has 0 saturated heterocycles. The molecule has 0 aliphatic carbocycles. The first kappa shape index (κ1) is 18.5. The lowest BCUT2D eigenvalue weighted by atomic mass is 10.4. The van der Waals surface area contributed by atoms with Crippen molar-refractivity contribution >= 4 is 26.0 Å². The summed E-state index contributed by atoms with van der Waals surface area (Å²) in [6.45, 7) is 1.98. The van der Waals surface area contributed by atoms with Gasteiger partial charge in [0, 0.05) is 37.1 Å². The monoisotopic (exact) mass is 379 g/mol. The van der Waals surface area contributed by atoms with Crippen molar-refractivity contribution in [2.45, 2.75) is 11.3 Å². The molecule has 1 heterocycles. The summed E-state index contributed by atoms with van der Waals surface area (Å²) in [7, 11) is 1.94. The highest BCUT2D eigenvalue weighted by molar-refractivity contribution is 9.10. The number of pyridine rings is 1. The Balaban J connectivity index is 2.89. The van der Waals surface area contributed by atoms with E-state index < -0.39 is 10.0 Å². The van der Waals surface area contributed by atoms with Gasteiger partial charge in [-0.25, -0.2) is 8.42 Å². The third kappa shape index (κ3) is 5.99. The van der Waals surface area contributed by atoms with Gasteiger partial charge in [0.05, 0.1) is 6.61 Å². The van der Waals surface area contributed by atoms with Gasteiger partial charge in [-0.3, -0.25) is 4.98 Å². The number of ether oxygens (including phenoxy) is 1. The molecule has 1 aromatic heterocycles. The Bertz CT molecular complexity index is 537. The van der Waals surface area contributed by atoms with Crippen LogP contribution in [0.2, 0.25) is 0 Å². The maximum atomic E-state index is 12.7. The number of sulfonamides is 1. The number of methoxy groups -OCH3 is 1. The van der Waals surface area contributed by atoms with E-state index in [1.807, 2.05) is 19.0 Å². The highest BCUT2D eigenvalue weighted by atomic mass is 79.9. The molecule has 0 fully saturated rings. The lowest BCUT2D eigenvalue weighted by Gasteiger charge is -2.22. The van der Waals surface area contributed by atoms with Crippen LogP contribution in [0.1, 0.15) is 6.42 Å². The summed E-state index contributed by atoms with van der Waals surface area (Å²) in [5.74, 6) is 0. The van der Waals surface area contributed by atoms with E-state index in [9.17, 15) is 8.42 Å².